The molecule has 2 aromatic rings. The fourth-order valence-corrected chi connectivity index (χ4v) is 4.47. The summed E-state index contributed by atoms with van der Waals surface area (Å²) in [6.07, 6.45) is -4.65. The zero-order chi connectivity index (χ0) is 19.7. The van der Waals surface area contributed by atoms with Crippen molar-refractivity contribution < 1.29 is 17.9 Å². The highest BCUT2D eigenvalue weighted by Crippen LogP contribution is 2.51. The molecule has 4 rings (SSSR count). The second-order valence-electron chi connectivity index (χ2n) is 8.00. The van der Waals surface area contributed by atoms with Crippen LogP contribution in [0, 0.1) is 24.7 Å². The maximum Gasteiger partial charge on any atom is 0.573 e. The lowest BCUT2D eigenvalue weighted by molar-refractivity contribution is -0.274. The van der Waals surface area contributed by atoms with E-state index < -0.39 is 6.36 Å². The Morgan fingerprint density at radius 1 is 1.04 bits per heavy atom. The Kier molecular flexibility index (Phi) is 5.34. The molecule has 0 spiro atoms. The van der Waals surface area contributed by atoms with Crippen molar-refractivity contribution in [3.63, 3.8) is 0 Å². The van der Waals surface area contributed by atoms with Gasteiger partial charge in [0.05, 0.1) is 0 Å². The molecule has 150 valence electrons. The van der Waals surface area contributed by atoms with Gasteiger partial charge in [-0.05, 0) is 54.5 Å². The zero-order valence-electron chi connectivity index (χ0n) is 15.9. The van der Waals surface area contributed by atoms with Crippen LogP contribution in [0.1, 0.15) is 16.7 Å². The van der Waals surface area contributed by atoms with Crippen LogP contribution in [0.5, 0.6) is 5.75 Å². The van der Waals surface area contributed by atoms with Crippen molar-refractivity contribution >= 4 is 0 Å². The van der Waals surface area contributed by atoms with Gasteiger partial charge >= 0.3 is 6.36 Å². The summed E-state index contributed by atoms with van der Waals surface area (Å²) in [4.78, 5) is 2.53. The first-order chi connectivity index (χ1) is 13.4. The molecule has 1 saturated heterocycles. The Bertz CT molecular complexity index is 811. The Morgan fingerprint density at radius 2 is 1.75 bits per heavy atom. The molecule has 0 bridgehead atoms. The Morgan fingerprint density at radius 3 is 2.46 bits per heavy atom. The smallest absolute Gasteiger partial charge is 0.406 e. The third kappa shape index (κ3) is 4.86. The minimum Gasteiger partial charge on any atom is -0.406 e. The lowest BCUT2D eigenvalue weighted by Gasteiger charge is -2.20. The molecule has 0 aromatic heterocycles. The van der Waals surface area contributed by atoms with Gasteiger partial charge in [-0.1, -0.05) is 42.0 Å². The molecule has 2 fully saturated rings. The highest BCUT2D eigenvalue weighted by molar-refractivity contribution is 5.28. The van der Waals surface area contributed by atoms with Crippen LogP contribution in [-0.4, -0.2) is 30.9 Å². The second-order valence-corrected chi connectivity index (χ2v) is 8.00. The predicted molar refractivity (Wildman–Crippen MR) is 102 cm³/mol. The van der Waals surface area contributed by atoms with Gasteiger partial charge in [-0.2, -0.15) is 0 Å². The molecule has 6 heteroatoms. The van der Waals surface area contributed by atoms with Gasteiger partial charge in [0.25, 0.3) is 0 Å². The first-order valence-electron chi connectivity index (χ1n) is 9.71. The Hall–Kier alpha value is -2.05. The number of alkyl halides is 3. The number of nitrogens with zero attached hydrogens (tertiary/aromatic N) is 1. The maximum absolute atomic E-state index is 12.3. The van der Waals surface area contributed by atoms with E-state index in [4.69, 9.17) is 0 Å². The quantitative estimate of drug-likeness (QED) is 0.760. The molecule has 28 heavy (non-hydrogen) atoms. The number of rotatable bonds is 7. The molecule has 1 saturated carbocycles. The molecule has 0 radical (unpaired) electrons. The summed E-state index contributed by atoms with van der Waals surface area (Å²) in [6, 6.07) is 14.8. The lowest BCUT2D eigenvalue weighted by Crippen LogP contribution is -2.27. The first-order valence-corrected chi connectivity index (χ1v) is 9.71. The maximum atomic E-state index is 12.3. The monoisotopic (exact) mass is 390 g/mol. The molecule has 1 aliphatic carbocycles. The summed E-state index contributed by atoms with van der Waals surface area (Å²) in [5, 5.41) is 3.40. The van der Waals surface area contributed by atoms with Crippen molar-refractivity contribution in [3.8, 4) is 5.75 Å². The molecular weight excluding hydrogens is 365 g/mol. The largest absolute Gasteiger partial charge is 0.573 e. The van der Waals surface area contributed by atoms with E-state index in [1.807, 2.05) is 6.07 Å². The number of benzene rings is 2. The topological polar surface area (TPSA) is 24.5 Å². The number of halogens is 3. The zero-order valence-corrected chi connectivity index (χ0v) is 15.9. The number of fused-ring (bicyclic) bond motifs is 1. The van der Waals surface area contributed by atoms with E-state index in [1.165, 1.54) is 23.3 Å². The summed E-state index contributed by atoms with van der Waals surface area (Å²) in [7, 11) is 0. The SMILES string of the molecule is Cc1cccc(CN2CC3C(CNCc4cccc(OC(F)(F)F)c4)C3C2)c1. The molecular formula is C22H25F3N2O. The lowest BCUT2D eigenvalue weighted by atomic mass is 10.1. The van der Waals surface area contributed by atoms with E-state index in [9.17, 15) is 13.2 Å². The van der Waals surface area contributed by atoms with E-state index in [0.29, 0.717) is 12.5 Å². The van der Waals surface area contributed by atoms with Crippen LogP contribution in [-0.2, 0) is 13.1 Å². The molecule has 1 heterocycles. The summed E-state index contributed by atoms with van der Waals surface area (Å²) in [5.41, 5.74) is 3.47. The molecule has 3 nitrogen and oxygen atoms in total. The van der Waals surface area contributed by atoms with Crippen molar-refractivity contribution in [2.24, 2.45) is 17.8 Å². The van der Waals surface area contributed by atoms with Crippen molar-refractivity contribution in [3.05, 3.63) is 65.2 Å². The van der Waals surface area contributed by atoms with Crippen molar-refractivity contribution in [2.45, 2.75) is 26.4 Å². The van der Waals surface area contributed by atoms with Gasteiger partial charge in [-0.3, -0.25) is 4.90 Å². The molecule has 0 amide bonds. The Balaban J connectivity index is 1.19. The van der Waals surface area contributed by atoms with Crippen molar-refractivity contribution in [2.75, 3.05) is 19.6 Å². The van der Waals surface area contributed by atoms with E-state index >= 15 is 0 Å². The highest BCUT2D eigenvalue weighted by atomic mass is 19.4. The predicted octanol–water partition coefficient (Wildman–Crippen LogP) is 4.36. The summed E-state index contributed by atoms with van der Waals surface area (Å²) in [5.74, 6) is 2.01. The van der Waals surface area contributed by atoms with Crippen LogP contribution in [0.4, 0.5) is 13.2 Å². The number of hydrogen-bond donors (Lipinski definition) is 1. The van der Waals surface area contributed by atoms with Gasteiger partial charge in [-0.15, -0.1) is 13.2 Å². The van der Waals surface area contributed by atoms with Crippen LogP contribution < -0.4 is 10.1 Å². The number of ether oxygens (including phenoxy) is 1. The van der Waals surface area contributed by atoms with Crippen molar-refractivity contribution in [1.29, 1.82) is 0 Å². The van der Waals surface area contributed by atoms with Crippen LogP contribution in [0.2, 0.25) is 0 Å². The fraction of sp³-hybridized carbons (Fsp3) is 0.455. The fourth-order valence-electron chi connectivity index (χ4n) is 4.47. The van der Waals surface area contributed by atoms with E-state index in [-0.39, 0.29) is 5.75 Å². The number of nitrogens with one attached hydrogen (secondary N) is 1. The molecule has 2 atom stereocenters. The summed E-state index contributed by atoms with van der Waals surface area (Å²) >= 11 is 0. The Labute approximate surface area is 163 Å². The van der Waals surface area contributed by atoms with Gasteiger partial charge in [-0.25, -0.2) is 0 Å². The van der Waals surface area contributed by atoms with Gasteiger partial charge in [0.2, 0.25) is 0 Å². The summed E-state index contributed by atoms with van der Waals surface area (Å²) in [6.45, 7) is 6.88. The molecule has 2 aliphatic rings. The summed E-state index contributed by atoms with van der Waals surface area (Å²) < 4.78 is 40.9. The minimum atomic E-state index is -4.65. The van der Waals surface area contributed by atoms with Crippen molar-refractivity contribution in [1.82, 2.24) is 10.2 Å². The number of aryl methyl sites for hydroxylation is 1. The number of piperidine rings is 1. The number of hydrogen-bond acceptors (Lipinski definition) is 3. The standard InChI is InChI=1S/C22H25F3N2O/c1-15-4-2-6-17(8-15)12-27-13-20-19(21(20)14-27)11-26-10-16-5-3-7-18(9-16)28-22(23,24)25/h2-9,19-21,26H,10-14H2,1H3. The number of likely N-dealkylation sites (tertiary alicyclic amines) is 1. The van der Waals surface area contributed by atoms with Gasteiger partial charge in [0.15, 0.2) is 0 Å². The average Bonchev–Trinajstić information content (AvgIpc) is 3.06. The van der Waals surface area contributed by atoms with E-state index in [2.05, 4.69) is 46.1 Å². The highest BCUT2D eigenvalue weighted by Gasteiger charge is 2.54. The molecule has 1 N–H and O–H groups in total. The second kappa shape index (κ2) is 7.76. The van der Waals surface area contributed by atoms with Crippen LogP contribution in [0.15, 0.2) is 48.5 Å². The first kappa shape index (κ1) is 19.3. The van der Waals surface area contributed by atoms with Gasteiger partial charge in [0.1, 0.15) is 5.75 Å². The molecule has 2 aromatic carbocycles. The third-order valence-corrected chi connectivity index (χ3v) is 5.78. The third-order valence-electron chi connectivity index (χ3n) is 5.78. The van der Waals surface area contributed by atoms with E-state index in [0.717, 1.165) is 43.6 Å². The molecule has 2 unspecified atom stereocenters. The normalized spacial score (nSPS) is 24.2. The average molecular weight is 390 g/mol. The van der Waals surface area contributed by atoms with Crippen LogP contribution in [0.25, 0.3) is 0 Å². The van der Waals surface area contributed by atoms with Gasteiger partial charge < -0.3 is 10.1 Å². The van der Waals surface area contributed by atoms with Crippen LogP contribution in [0.3, 0.4) is 0 Å². The van der Waals surface area contributed by atoms with Gasteiger partial charge in [0, 0.05) is 26.2 Å². The van der Waals surface area contributed by atoms with Crippen LogP contribution >= 0.6 is 0 Å². The minimum absolute atomic E-state index is 0.165. The van der Waals surface area contributed by atoms with E-state index in [1.54, 1.807) is 6.07 Å². The molecule has 1 aliphatic heterocycles.